The Hall–Kier alpha value is -2.50. The lowest BCUT2D eigenvalue weighted by Crippen LogP contribution is -2.44. The van der Waals surface area contributed by atoms with Gasteiger partial charge in [-0.25, -0.2) is 0 Å². The third-order valence-corrected chi connectivity index (χ3v) is 6.82. The van der Waals surface area contributed by atoms with Gasteiger partial charge in [-0.05, 0) is 67.9 Å². The van der Waals surface area contributed by atoms with E-state index in [0.717, 1.165) is 43.9 Å². The van der Waals surface area contributed by atoms with Crippen LogP contribution >= 0.6 is 11.3 Å². The van der Waals surface area contributed by atoms with Gasteiger partial charge in [0, 0.05) is 30.2 Å². The summed E-state index contributed by atoms with van der Waals surface area (Å²) >= 11 is 1.75. The molecule has 4 rings (SSSR count). The van der Waals surface area contributed by atoms with Crippen molar-refractivity contribution in [3.63, 3.8) is 0 Å². The molecule has 156 valence electrons. The highest BCUT2D eigenvalue weighted by Crippen LogP contribution is 2.38. The van der Waals surface area contributed by atoms with E-state index < -0.39 is 5.41 Å². The van der Waals surface area contributed by atoms with E-state index in [-0.39, 0.29) is 5.91 Å². The quantitative estimate of drug-likeness (QED) is 0.604. The number of nitrogens with one attached hydrogen (secondary N) is 1. The first-order valence-electron chi connectivity index (χ1n) is 10.6. The van der Waals surface area contributed by atoms with Crippen LogP contribution in [-0.2, 0) is 17.8 Å². The molecule has 0 aliphatic carbocycles. The molecule has 3 aromatic rings. The summed E-state index contributed by atoms with van der Waals surface area (Å²) in [6.45, 7) is 7.13. The number of aryl methyl sites for hydroxylation is 1. The smallest absolute Gasteiger partial charge is 0.227 e. The first-order valence-corrected chi connectivity index (χ1v) is 11.5. The van der Waals surface area contributed by atoms with Crippen LogP contribution in [0.25, 0.3) is 10.4 Å². The highest BCUT2D eigenvalue weighted by atomic mass is 32.1. The molecule has 1 aliphatic rings. The molecule has 5 heteroatoms. The van der Waals surface area contributed by atoms with Gasteiger partial charge in [0.1, 0.15) is 0 Å². The number of thiophene rings is 1. The van der Waals surface area contributed by atoms with Crippen molar-refractivity contribution >= 4 is 17.2 Å². The van der Waals surface area contributed by atoms with Crippen LogP contribution in [0.1, 0.15) is 30.3 Å². The number of rotatable bonds is 7. The summed E-state index contributed by atoms with van der Waals surface area (Å²) in [5, 5.41) is 5.23. The maximum atomic E-state index is 13.3. The fourth-order valence-corrected chi connectivity index (χ4v) is 5.27. The van der Waals surface area contributed by atoms with Gasteiger partial charge in [0.05, 0.1) is 11.1 Å². The average Bonchev–Trinajstić information content (AvgIpc) is 3.40. The molecule has 2 aromatic heterocycles. The Labute approximate surface area is 183 Å². The maximum absolute atomic E-state index is 13.3. The van der Waals surface area contributed by atoms with E-state index in [1.807, 2.05) is 19.9 Å². The van der Waals surface area contributed by atoms with Crippen LogP contribution < -0.4 is 5.32 Å². The predicted octanol–water partition coefficient (Wildman–Crippen LogP) is 4.69. The van der Waals surface area contributed by atoms with Crippen molar-refractivity contribution in [3.05, 3.63) is 76.9 Å². The topological polar surface area (TPSA) is 45.2 Å². The van der Waals surface area contributed by atoms with Crippen molar-refractivity contribution in [2.24, 2.45) is 5.41 Å². The van der Waals surface area contributed by atoms with Gasteiger partial charge in [-0.2, -0.15) is 0 Å². The molecule has 0 spiro atoms. The Morgan fingerprint density at radius 1 is 1.17 bits per heavy atom. The first-order chi connectivity index (χ1) is 14.6. The third-order valence-electron chi connectivity index (χ3n) is 5.92. The van der Waals surface area contributed by atoms with Crippen LogP contribution in [0.3, 0.4) is 0 Å². The normalized spacial score (nSPS) is 19.1. The van der Waals surface area contributed by atoms with E-state index in [1.165, 1.54) is 16.0 Å². The fourth-order valence-electron chi connectivity index (χ4n) is 4.48. The van der Waals surface area contributed by atoms with Crippen LogP contribution in [0.4, 0.5) is 0 Å². The van der Waals surface area contributed by atoms with E-state index >= 15 is 0 Å². The zero-order chi connectivity index (χ0) is 21.0. The molecule has 1 fully saturated rings. The van der Waals surface area contributed by atoms with Crippen LogP contribution in [0.15, 0.2) is 60.0 Å². The van der Waals surface area contributed by atoms with Crippen molar-refractivity contribution in [2.45, 2.75) is 33.2 Å². The first kappa shape index (κ1) is 20.8. The minimum atomic E-state index is -0.410. The summed E-state index contributed by atoms with van der Waals surface area (Å²) in [7, 11) is 0. The van der Waals surface area contributed by atoms with Gasteiger partial charge in [-0.15, -0.1) is 11.3 Å². The molecule has 1 aromatic carbocycles. The van der Waals surface area contributed by atoms with Gasteiger partial charge in [-0.3, -0.25) is 14.7 Å². The number of pyridine rings is 1. The van der Waals surface area contributed by atoms with E-state index in [1.54, 1.807) is 11.3 Å². The summed E-state index contributed by atoms with van der Waals surface area (Å²) in [4.78, 5) is 21.6. The lowest BCUT2D eigenvalue weighted by Gasteiger charge is -2.29. The second-order valence-electron chi connectivity index (χ2n) is 8.18. The van der Waals surface area contributed by atoms with Crippen molar-refractivity contribution in [1.29, 1.82) is 0 Å². The van der Waals surface area contributed by atoms with E-state index in [9.17, 15) is 4.79 Å². The van der Waals surface area contributed by atoms with Crippen molar-refractivity contribution in [2.75, 3.05) is 19.6 Å². The zero-order valence-corrected chi connectivity index (χ0v) is 18.5. The Bertz CT molecular complexity index is 1000. The molecular weight excluding hydrogens is 390 g/mol. The number of aromatic nitrogens is 1. The van der Waals surface area contributed by atoms with Gasteiger partial charge < -0.3 is 5.32 Å². The average molecular weight is 420 g/mol. The second-order valence-corrected chi connectivity index (χ2v) is 9.13. The van der Waals surface area contributed by atoms with Crippen molar-refractivity contribution in [1.82, 2.24) is 15.2 Å². The lowest BCUT2D eigenvalue weighted by molar-refractivity contribution is -0.130. The Kier molecular flexibility index (Phi) is 6.30. The Morgan fingerprint density at radius 3 is 2.80 bits per heavy atom. The Balaban J connectivity index is 1.60. The summed E-state index contributed by atoms with van der Waals surface area (Å²) in [6.07, 6.45) is 1.62. The monoisotopic (exact) mass is 419 g/mol. The molecule has 1 N–H and O–H groups in total. The molecule has 4 nitrogen and oxygen atoms in total. The summed E-state index contributed by atoms with van der Waals surface area (Å²) in [5.74, 6) is 0.172. The van der Waals surface area contributed by atoms with Gasteiger partial charge >= 0.3 is 0 Å². The number of carbonyl (C=O) groups excluding carboxylic acids is 1. The largest absolute Gasteiger partial charge is 0.356 e. The number of hydrogen-bond donors (Lipinski definition) is 1. The molecule has 30 heavy (non-hydrogen) atoms. The second kappa shape index (κ2) is 9.11. The number of benzene rings is 1. The molecule has 3 heterocycles. The molecule has 1 aliphatic heterocycles. The van der Waals surface area contributed by atoms with Crippen LogP contribution in [0.5, 0.6) is 0 Å². The number of carbonyl (C=O) groups is 1. The number of hydrogen-bond acceptors (Lipinski definition) is 4. The fraction of sp³-hybridized carbons (Fsp3) is 0.360. The molecule has 1 amide bonds. The molecule has 0 unspecified atom stereocenters. The van der Waals surface area contributed by atoms with E-state index in [4.69, 9.17) is 0 Å². The maximum Gasteiger partial charge on any atom is 0.227 e. The van der Waals surface area contributed by atoms with Crippen LogP contribution in [0, 0.1) is 12.3 Å². The zero-order valence-electron chi connectivity index (χ0n) is 17.7. The molecule has 0 bridgehead atoms. The number of nitrogens with zero attached hydrogens (tertiary/aromatic N) is 2. The van der Waals surface area contributed by atoms with Crippen molar-refractivity contribution in [3.8, 4) is 10.4 Å². The molecule has 1 saturated heterocycles. The standard InChI is InChI=1S/C25H29N3OS/c1-3-26-24(29)25(13-14-28(18-25)17-21-10-6-8-19(2)27-21)16-20-9-4-5-11-22(20)23-12-7-15-30-23/h4-12,15H,3,13-14,16-18H2,1-2H3,(H,26,29)/t25-/m0/s1. The highest BCUT2D eigenvalue weighted by molar-refractivity contribution is 7.13. The predicted molar refractivity (Wildman–Crippen MR) is 123 cm³/mol. The van der Waals surface area contributed by atoms with Crippen LogP contribution in [-0.4, -0.2) is 35.4 Å². The van der Waals surface area contributed by atoms with Gasteiger partial charge in [0.15, 0.2) is 0 Å². The summed E-state index contributed by atoms with van der Waals surface area (Å²) < 4.78 is 0. The number of amides is 1. The SMILES string of the molecule is CCNC(=O)[C@]1(Cc2ccccc2-c2cccs2)CCN(Cc2cccc(C)n2)C1. The summed E-state index contributed by atoms with van der Waals surface area (Å²) in [5.41, 5.74) is 4.19. The van der Waals surface area contributed by atoms with Crippen molar-refractivity contribution < 1.29 is 4.79 Å². The van der Waals surface area contributed by atoms with E-state index in [0.29, 0.717) is 6.54 Å². The highest BCUT2D eigenvalue weighted by Gasteiger charge is 2.44. The van der Waals surface area contributed by atoms with E-state index in [2.05, 4.69) is 69.1 Å². The minimum Gasteiger partial charge on any atom is -0.356 e. The molecule has 1 atom stereocenters. The van der Waals surface area contributed by atoms with Crippen LogP contribution in [0.2, 0.25) is 0 Å². The number of likely N-dealkylation sites (tertiary alicyclic amines) is 1. The van der Waals surface area contributed by atoms with Gasteiger partial charge in [-0.1, -0.05) is 36.4 Å². The molecule has 0 radical (unpaired) electrons. The molecule has 0 saturated carbocycles. The van der Waals surface area contributed by atoms with Gasteiger partial charge in [0.2, 0.25) is 5.91 Å². The third kappa shape index (κ3) is 4.47. The minimum absolute atomic E-state index is 0.172. The van der Waals surface area contributed by atoms with Gasteiger partial charge in [0.25, 0.3) is 0 Å². The molecular formula is C25H29N3OS. The lowest BCUT2D eigenvalue weighted by atomic mass is 9.78. The summed E-state index contributed by atoms with van der Waals surface area (Å²) in [6, 6.07) is 18.9. The Morgan fingerprint density at radius 2 is 2.03 bits per heavy atom.